The smallest absolute Gasteiger partial charge is 0.261 e. The Labute approximate surface area is 193 Å². The third-order valence-electron chi connectivity index (χ3n) is 5.94. The number of pyridine rings is 1. The molecule has 0 aliphatic carbocycles. The first-order valence-electron chi connectivity index (χ1n) is 10.8. The molecule has 2 unspecified atom stereocenters. The van der Waals surface area contributed by atoms with Gasteiger partial charge in [-0.05, 0) is 56.5 Å². The monoisotopic (exact) mass is 469 g/mol. The number of hydroxylamine groups is 1. The first-order chi connectivity index (χ1) is 15.8. The predicted molar refractivity (Wildman–Crippen MR) is 124 cm³/mol. The summed E-state index contributed by atoms with van der Waals surface area (Å²) in [5, 5.41) is 9.94. The highest BCUT2D eigenvalue weighted by Crippen LogP contribution is 2.28. The molecule has 1 aromatic heterocycles. The number of amides is 1. The van der Waals surface area contributed by atoms with E-state index in [1.165, 1.54) is 4.31 Å². The van der Waals surface area contributed by atoms with Crippen LogP contribution in [0.3, 0.4) is 0 Å². The maximum atomic E-state index is 12.3. The first-order valence-corrected chi connectivity index (χ1v) is 12.4. The fourth-order valence-corrected chi connectivity index (χ4v) is 5.98. The summed E-state index contributed by atoms with van der Waals surface area (Å²) in [6, 6.07) is 16.6. The number of para-hydroxylation sites is 1. The van der Waals surface area contributed by atoms with Crippen molar-refractivity contribution in [3.05, 3.63) is 71.4 Å². The summed E-state index contributed by atoms with van der Waals surface area (Å²) >= 11 is 0. The van der Waals surface area contributed by atoms with E-state index >= 15 is 0 Å². The number of sulfonamides is 1. The molecule has 1 saturated heterocycles. The molecule has 8 nitrogen and oxygen atoms in total. The number of aromatic nitrogens is 1. The topological polar surface area (TPSA) is 109 Å². The quantitative estimate of drug-likeness (QED) is 0.407. The van der Waals surface area contributed by atoms with Crippen LogP contribution in [0.5, 0.6) is 5.75 Å². The molecule has 33 heavy (non-hydrogen) atoms. The molecule has 4 rings (SSSR count). The van der Waals surface area contributed by atoms with Crippen LogP contribution in [0.1, 0.15) is 36.3 Å². The molecule has 1 amide bonds. The van der Waals surface area contributed by atoms with E-state index in [9.17, 15) is 13.2 Å². The van der Waals surface area contributed by atoms with Gasteiger partial charge in [0, 0.05) is 23.2 Å². The fraction of sp³-hybridized carbons (Fsp3) is 0.333. The van der Waals surface area contributed by atoms with Crippen LogP contribution in [0.2, 0.25) is 0 Å². The Morgan fingerprint density at radius 2 is 1.97 bits per heavy atom. The van der Waals surface area contributed by atoms with Crippen LogP contribution >= 0.6 is 0 Å². The molecule has 2 atom stereocenters. The highest BCUT2D eigenvalue weighted by atomic mass is 32.2. The summed E-state index contributed by atoms with van der Waals surface area (Å²) in [5.74, 6) is -0.0948. The summed E-state index contributed by atoms with van der Waals surface area (Å²) in [6.07, 6.45) is 0.427. The minimum absolute atomic E-state index is 0.0983. The molecule has 2 aromatic carbocycles. The van der Waals surface area contributed by atoms with E-state index in [1.807, 2.05) is 68.4 Å². The lowest BCUT2D eigenvalue weighted by Crippen LogP contribution is -2.44. The van der Waals surface area contributed by atoms with Crippen LogP contribution in [0.4, 0.5) is 0 Å². The lowest BCUT2D eigenvalue weighted by Gasteiger charge is -2.21. The number of fused-ring (bicyclic) bond motifs is 1. The lowest BCUT2D eigenvalue weighted by atomic mass is 10.0. The van der Waals surface area contributed by atoms with Crippen molar-refractivity contribution in [2.24, 2.45) is 0 Å². The molecule has 0 radical (unpaired) electrons. The zero-order valence-electron chi connectivity index (χ0n) is 18.6. The maximum absolute atomic E-state index is 12.3. The van der Waals surface area contributed by atoms with E-state index in [-0.39, 0.29) is 24.8 Å². The third kappa shape index (κ3) is 5.00. The van der Waals surface area contributed by atoms with Gasteiger partial charge in [-0.3, -0.25) is 15.0 Å². The van der Waals surface area contributed by atoms with Crippen molar-refractivity contribution in [1.29, 1.82) is 0 Å². The summed E-state index contributed by atoms with van der Waals surface area (Å²) < 4.78 is 31.9. The summed E-state index contributed by atoms with van der Waals surface area (Å²) in [4.78, 5) is 16.4. The Bertz CT molecular complexity index is 1260. The van der Waals surface area contributed by atoms with Gasteiger partial charge in [0.1, 0.15) is 17.9 Å². The van der Waals surface area contributed by atoms with Crippen molar-refractivity contribution in [2.75, 3.05) is 12.3 Å². The second-order valence-electron chi connectivity index (χ2n) is 8.23. The van der Waals surface area contributed by atoms with Gasteiger partial charge in [0.05, 0.1) is 11.3 Å². The number of nitrogens with zero attached hydrogens (tertiary/aromatic N) is 2. The van der Waals surface area contributed by atoms with Gasteiger partial charge in [0.2, 0.25) is 10.0 Å². The summed E-state index contributed by atoms with van der Waals surface area (Å²) in [5.41, 5.74) is 5.41. The van der Waals surface area contributed by atoms with Gasteiger partial charge in [0.15, 0.2) is 0 Å². The Hall–Kier alpha value is -3.01. The zero-order valence-corrected chi connectivity index (χ0v) is 19.4. The average molecular weight is 470 g/mol. The van der Waals surface area contributed by atoms with Crippen LogP contribution in [0, 0.1) is 6.92 Å². The van der Waals surface area contributed by atoms with Crippen molar-refractivity contribution in [3.8, 4) is 5.75 Å². The Morgan fingerprint density at radius 3 is 2.70 bits per heavy atom. The van der Waals surface area contributed by atoms with Gasteiger partial charge in [0.25, 0.3) is 5.91 Å². The van der Waals surface area contributed by atoms with Crippen molar-refractivity contribution < 1.29 is 23.2 Å². The van der Waals surface area contributed by atoms with Crippen LogP contribution in [-0.4, -0.2) is 47.2 Å². The molecule has 1 fully saturated rings. The average Bonchev–Trinajstić information content (AvgIpc) is 3.11. The van der Waals surface area contributed by atoms with E-state index in [2.05, 4.69) is 4.98 Å². The number of ether oxygens (including phenoxy) is 1. The standard InChI is InChI=1S/C24H27N3O5S/c1-16-15-21(20-5-3-4-6-22(20)25-16)17(2)32-19-9-7-18(8-10-19)11-13-27-23(24(28)26-29)12-14-33(27,30)31/h3-10,15,17,23,29H,11-14H2,1-2H3,(H,26,28). The number of aryl methyl sites for hydroxylation is 1. The van der Waals surface area contributed by atoms with E-state index in [4.69, 9.17) is 9.94 Å². The van der Waals surface area contributed by atoms with Crippen LogP contribution < -0.4 is 10.2 Å². The van der Waals surface area contributed by atoms with Crippen molar-refractivity contribution in [1.82, 2.24) is 14.8 Å². The summed E-state index contributed by atoms with van der Waals surface area (Å²) in [6.45, 7) is 4.13. The highest BCUT2D eigenvalue weighted by molar-refractivity contribution is 7.89. The molecule has 1 aliphatic rings. The minimum atomic E-state index is -3.51. The summed E-state index contributed by atoms with van der Waals surface area (Å²) in [7, 11) is -3.51. The maximum Gasteiger partial charge on any atom is 0.261 e. The van der Waals surface area contributed by atoms with Crippen molar-refractivity contribution in [2.45, 2.75) is 38.8 Å². The normalized spacial score (nSPS) is 18.8. The molecule has 1 aliphatic heterocycles. The van der Waals surface area contributed by atoms with Crippen molar-refractivity contribution >= 4 is 26.8 Å². The molecule has 3 aromatic rings. The van der Waals surface area contributed by atoms with Gasteiger partial charge in [-0.2, -0.15) is 4.31 Å². The van der Waals surface area contributed by atoms with Crippen molar-refractivity contribution in [3.63, 3.8) is 0 Å². The highest BCUT2D eigenvalue weighted by Gasteiger charge is 2.41. The number of hydrogen-bond donors (Lipinski definition) is 2. The number of carbonyl (C=O) groups excluding carboxylic acids is 1. The van der Waals surface area contributed by atoms with Crippen LogP contribution in [0.25, 0.3) is 10.9 Å². The van der Waals surface area contributed by atoms with Gasteiger partial charge in [-0.15, -0.1) is 0 Å². The van der Waals surface area contributed by atoms with E-state index in [1.54, 1.807) is 5.48 Å². The lowest BCUT2D eigenvalue weighted by molar-refractivity contribution is -0.132. The third-order valence-corrected chi connectivity index (χ3v) is 7.84. The fourth-order valence-electron chi connectivity index (χ4n) is 4.27. The zero-order chi connectivity index (χ0) is 23.6. The van der Waals surface area contributed by atoms with E-state index in [0.29, 0.717) is 12.2 Å². The molecular weight excluding hydrogens is 442 g/mol. The molecule has 174 valence electrons. The molecule has 0 saturated carbocycles. The molecular formula is C24H27N3O5S. The van der Waals surface area contributed by atoms with Gasteiger partial charge in [-0.1, -0.05) is 30.3 Å². The number of rotatable bonds is 7. The van der Waals surface area contributed by atoms with E-state index in [0.717, 1.165) is 27.7 Å². The van der Waals surface area contributed by atoms with Crippen LogP contribution in [-0.2, 0) is 21.2 Å². The minimum Gasteiger partial charge on any atom is -0.486 e. The molecule has 2 heterocycles. The van der Waals surface area contributed by atoms with Gasteiger partial charge in [-0.25, -0.2) is 13.9 Å². The molecule has 9 heteroatoms. The van der Waals surface area contributed by atoms with E-state index < -0.39 is 22.0 Å². The first kappa shape index (κ1) is 23.2. The second-order valence-corrected chi connectivity index (χ2v) is 10.3. The number of hydrogen-bond acceptors (Lipinski definition) is 6. The molecule has 2 N–H and O–H groups in total. The van der Waals surface area contributed by atoms with Crippen LogP contribution in [0.15, 0.2) is 54.6 Å². The molecule has 0 bridgehead atoms. The molecule has 0 spiro atoms. The number of nitrogens with one attached hydrogen (secondary N) is 1. The largest absolute Gasteiger partial charge is 0.486 e. The number of carbonyl (C=O) groups is 1. The Kier molecular flexibility index (Phi) is 6.64. The Morgan fingerprint density at radius 1 is 1.24 bits per heavy atom. The second kappa shape index (κ2) is 9.46. The predicted octanol–water partition coefficient (Wildman–Crippen LogP) is 3.14. The Balaban J connectivity index is 1.43. The number of benzene rings is 2. The van der Waals surface area contributed by atoms with Gasteiger partial charge >= 0.3 is 0 Å². The SMILES string of the molecule is Cc1cc(C(C)Oc2ccc(CCN3C(C(=O)NO)CCS3(=O)=O)cc2)c2ccccc2n1. The van der Waals surface area contributed by atoms with Gasteiger partial charge < -0.3 is 4.74 Å².